The van der Waals surface area contributed by atoms with Gasteiger partial charge in [0, 0.05) is 18.6 Å². The molecule has 1 N–H and O–H groups in total. The summed E-state index contributed by atoms with van der Waals surface area (Å²) in [6.45, 7) is 2.60. The Morgan fingerprint density at radius 1 is 1.13 bits per heavy atom. The van der Waals surface area contributed by atoms with Crippen molar-refractivity contribution >= 4 is 0 Å². The first kappa shape index (κ1) is 10.1. The molecule has 2 heteroatoms. The summed E-state index contributed by atoms with van der Waals surface area (Å²) in [5, 5.41) is 3.75. The third kappa shape index (κ3) is 1.83. The molecule has 0 aromatic heterocycles. The summed E-state index contributed by atoms with van der Waals surface area (Å²) in [5.41, 5.74) is 0. The fraction of sp³-hybridized carbons (Fsp3) is 1.00. The average molecular weight is 208 g/mol. The highest BCUT2D eigenvalue weighted by Gasteiger charge is 2.39. The van der Waals surface area contributed by atoms with Gasteiger partial charge in [-0.25, -0.2) is 0 Å². The van der Waals surface area contributed by atoms with E-state index in [-0.39, 0.29) is 0 Å². The van der Waals surface area contributed by atoms with Crippen LogP contribution in [0.3, 0.4) is 0 Å². The number of fused-ring (bicyclic) bond motifs is 1. The molecule has 1 aliphatic heterocycles. The molecule has 3 aliphatic rings. The quantitative estimate of drug-likeness (QED) is 0.761. The fourth-order valence-corrected chi connectivity index (χ4v) is 3.79. The normalized spacial score (nSPS) is 40.8. The van der Waals surface area contributed by atoms with E-state index in [1.165, 1.54) is 51.6 Å². The monoisotopic (exact) mass is 208 g/mol. The second kappa shape index (κ2) is 4.06. The summed E-state index contributed by atoms with van der Waals surface area (Å²) in [7, 11) is 2.33. The number of nitrogens with one attached hydrogen (secondary N) is 1. The Balaban J connectivity index is 1.54. The van der Waals surface area contributed by atoms with Gasteiger partial charge in [-0.05, 0) is 51.1 Å². The van der Waals surface area contributed by atoms with Crippen molar-refractivity contribution in [3.8, 4) is 0 Å². The predicted molar refractivity (Wildman–Crippen MR) is 62.9 cm³/mol. The maximum atomic E-state index is 3.75. The van der Waals surface area contributed by atoms with Crippen LogP contribution in [0.15, 0.2) is 0 Å². The Bertz CT molecular complexity index is 225. The molecule has 1 saturated heterocycles. The Hall–Kier alpha value is -0.0800. The van der Waals surface area contributed by atoms with Crippen LogP contribution in [0.1, 0.15) is 38.5 Å². The van der Waals surface area contributed by atoms with Crippen molar-refractivity contribution in [1.29, 1.82) is 0 Å². The van der Waals surface area contributed by atoms with E-state index in [2.05, 4.69) is 17.3 Å². The lowest BCUT2D eigenvalue weighted by Crippen LogP contribution is -2.45. The number of hydrogen-bond donors (Lipinski definition) is 1. The maximum Gasteiger partial charge on any atom is 0.0226 e. The van der Waals surface area contributed by atoms with Gasteiger partial charge in [0.05, 0.1) is 0 Å². The molecule has 0 bridgehead atoms. The first-order valence-corrected chi connectivity index (χ1v) is 6.78. The molecule has 0 spiro atoms. The molecule has 3 unspecified atom stereocenters. The minimum atomic E-state index is 0.808. The van der Waals surface area contributed by atoms with Crippen LogP contribution in [0.25, 0.3) is 0 Å². The van der Waals surface area contributed by atoms with Crippen LogP contribution in [0.5, 0.6) is 0 Å². The summed E-state index contributed by atoms with van der Waals surface area (Å²) in [6.07, 6.45) is 8.80. The Labute approximate surface area is 93.4 Å². The molecule has 3 fully saturated rings. The molecule has 2 saturated carbocycles. The van der Waals surface area contributed by atoms with E-state index < -0.39 is 0 Å². The van der Waals surface area contributed by atoms with E-state index in [0.29, 0.717) is 0 Å². The molecule has 3 atom stereocenters. The number of rotatable bonds is 3. The lowest BCUT2D eigenvalue weighted by molar-refractivity contribution is 0.139. The van der Waals surface area contributed by atoms with Crippen LogP contribution in [-0.4, -0.2) is 37.1 Å². The number of likely N-dealkylation sites (N-methyl/N-ethyl adjacent to an activating group) is 1. The predicted octanol–water partition coefficient (Wildman–Crippen LogP) is 1.86. The lowest BCUT2D eigenvalue weighted by atomic mass is 9.89. The van der Waals surface area contributed by atoms with Crippen molar-refractivity contribution < 1.29 is 0 Å². The molecule has 2 nitrogen and oxygen atoms in total. The number of hydrogen-bond acceptors (Lipinski definition) is 2. The molecular weight excluding hydrogens is 184 g/mol. The third-order valence-electron chi connectivity index (χ3n) is 5.06. The smallest absolute Gasteiger partial charge is 0.0226 e. The largest absolute Gasteiger partial charge is 0.312 e. The molecule has 0 radical (unpaired) electrons. The van der Waals surface area contributed by atoms with Crippen LogP contribution in [0.4, 0.5) is 0 Å². The second-order valence-corrected chi connectivity index (χ2v) is 5.89. The van der Waals surface area contributed by atoms with E-state index in [1.54, 1.807) is 0 Å². The zero-order valence-corrected chi connectivity index (χ0v) is 9.91. The van der Waals surface area contributed by atoms with Crippen LogP contribution in [0.2, 0.25) is 0 Å². The van der Waals surface area contributed by atoms with Gasteiger partial charge in [-0.2, -0.15) is 0 Å². The van der Waals surface area contributed by atoms with Crippen molar-refractivity contribution in [3.05, 3.63) is 0 Å². The summed E-state index contributed by atoms with van der Waals surface area (Å²) in [6, 6.07) is 1.72. The van der Waals surface area contributed by atoms with Gasteiger partial charge in [0.1, 0.15) is 0 Å². The van der Waals surface area contributed by atoms with Crippen molar-refractivity contribution in [1.82, 2.24) is 10.2 Å². The zero-order valence-electron chi connectivity index (χ0n) is 9.91. The average Bonchev–Trinajstić information content (AvgIpc) is 2.66. The molecule has 0 aromatic carbocycles. The maximum absolute atomic E-state index is 3.75. The summed E-state index contributed by atoms with van der Waals surface area (Å²) in [5.74, 6) is 2.03. The van der Waals surface area contributed by atoms with Gasteiger partial charge in [-0.1, -0.05) is 12.8 Å². The highest BCUT2D eigenvalue weighted by atomic mass is 15.2. The van der Waals surface area contributed by atoms with Crippen LogP contribution < -0.4 is 5.32 Å². The van der Waals surface area contributed by atoms with Crippen LogP contribution >= 0.6 is 0 Å². The van der Waals surface area contributed by atoms with Gasteiger partial charge in [0.15, 0.2) is 0 Å². The standard InChI is InChI=1S/C13H24N2/c1-15(11-5-3-6-11)9-13-12-7-2-4-10(12)8-14-13/h10-14H,2-9H2,1H3. The second-order valence-electron chi connectivity index (χ2n) is 5.89. The van der Waals surface area contributed by atoms with Gasteiger partial charge in [0.25, 0.3) is 0 Å². The molecule has 15 heavy (non-hydrogen) atoms. The lowest BCUT2D eigenvalue weighted by Gasteiger charge is -2.37. The number of nitrogens with zero attached hydrogens (tertiary/aromatic N) is 1. The molecule has 1 heterocycles. The van der Waals surface area contributed by atoms with E-state index in [4.69, 9.17) is 0 Å². The van der Waals surface area contributed by atoms with Gasteiger partial charge >= 0.3 is 0 Å². The first-order valence-electron chi connectivity index (χ1n) is 6.78. The Kier molecular flexibility index (Phi) is 2.73. The first-order chi connectivity index (χ1) is 7.34. The highest BCUT2D eigenvalue weighted by Crippen LogP contribution is 2.38. The molecule has 86 valence electrons. The molecule has 2 aliphatic carbocycles. The van der Waals surface area contributed by atoms with Crippen LogP contribution in [0, 0.1) is 11.8 Å². The fourth-order valence-electron chi connectivity index (χ4n) is 3.79. The van der Waals surface area contributed by atoms with Crippen molar-refractivity contribution in [2.24, 2.45) is 11.8 Å². The van der Waals surface area contributed by atoms with Gasteiger partial charge in [-0.15, -0.1) is 0 Å². The minimum absolute atomic E-state index is 0.808. The summed E-state index contributed by atoms with van der Waals surface area (Å²) >= 11 is 0. The van der Waals surface area contributed by atoms with Gasteiger partial charge in [0.2, 0.25) is 0 Å². The molecule has 0 aromatic rings. The Morgan fingerprint density at radius 3 is 2.67 bits per heavy atom. The van der Waals surface area contributed by atoms with Crippen molar-refractivity contribution in [3.63, 3.8) is 0 Å². The minimum Gasteiger partial charge on any atom is -0.312 e. The topological polar surface area (TPSA) is 15.3 Å². The summed E-state index contributed by atoms with van der Waals surface area (Å²) < 4.78 is 0. The SMILES string of the molecule is CN(CC1NCC2CCCC21)C1CCC1. The zero-order chi connectivity index (χ0) is 10.3. The van der Waals surface area contributed by atoms with E-state index in [0.717, 1.165) is 23.9 Å². The molecule has 3 rings (SSSR count). The van der Waals surface area contributed by atoms with Gasteiger partial charge < -0.3 is 10.2 Å². The third-order valence-corrected chi connectivity index (χ3v) is 5.06. The van der Waals surface area contributed by atoms with E-state index in [9.17, 15) is 0 Å². The highest BCUT2D eigenvalue weighted by molar-refractivity contribution is 4.96. The van der Waals surface area contributed by atoms with Crippen molar-refractivity contribution in [2.75, 3.05) is 20.1 Å². The van der Waals surface area contributed by atoms with Crippen LogP contribution in [-0.2, 0) is 0 Å². The van der Waals surface area contributed by atoms with E-state index in [1.807, 2.05) is 0 Å². The van der Waals surface area contributed by atoms with Gasteiger partial charge in [-0.3, -0.25) is 0 Å². The van der Waals surface area contributed by atoms with Crippen molar-refractivity contribution in [2.45, 2.75) is 50.6 Å². The van der Waals surface area contributed by atoms with E-state index >= 15 is 0 Å². The molecule has 0 amide bonds. The summed E-state index contributed by atoms with van der Waals surface area (Å²) in [4.78, 5) is 2.61. The molecular formula is C13H24N2. The Morgan fingerprint density at radius 2 is 1.93 bits per heavy atom.